The molecule has 5 rings (SSSR count). The van der Waals surface area contributed by atoms with E-state index in [2.05, 4.69) is 48.5 Å². The number of rotatable bonds is 14. The Kier molecular flexibility index (Phi) is 10.9. The van der Waals surface area contributed by atoms with Crippen molar-refractivity contribution in [1.82, 2.24) is 9.80 Å². The van der Waals surface area contributed by atoms with E-state index < -0.39 is 35.0 Å². The molecule has 0 radical (unpaired) electrons. The molecule has 52 heavy (non-hydrogen) atoms. The zero-order chi connectivity index (χ0) is 38.8. The second-order valence-corrected chi connectivity index (χ2v) is 21.3. The molecule has 0 aromatic carbocycles. The molecule has 2 spiro atoms. The average molecular weight is 724 g/mol. The van der Waals surface area contributed by atoms with Gasteiger partial charge >= 0.3 is 0 Å². The SMILES string of the molecule is CC1(C)CCN(C[C@@H](CC(=O)C[C@H](C(=O)N2C[C@]3(C[C@H]2C(=O)CC(CC2CCC2)C(=O)C(N)=O)C(C)(C)C32CCC2)C(C)(C)C)C(C)(C)C)C(=O)C1. The lowest BCUT2D eigenvalue weighted by atomic mass is 9.73. The number of primary amides is 1. The minimum Gasteiger partial charge on any atom is -0.363 e. The summed E-state index contributed by atoms with van der Waals surface area (Å²) in [7, 11) is 0. The van der Waals surface area contributed by atoms with Crippen molar-refractivity contribution in [2.45, 2.75) is 159 Å². The summed E-state index contributed by atoms with van der Waals surface area (Å²) < 4.78 is 0. The Morgan fingerprint density at radius 1 is 0.846 bits per heavy atom. The molecule has 5 atom stereocenters. The number of carbonyl (C=O) groups is 6. The van der Waals surface area contributed by atoms with E-state index in [0.717, 1.165) is 44.9 Å². The normalized spacial score (nSPS) is 28.2. The molecule has 0 aromatic heterocycles. The van der Waals surface area contributed by atoms with Crippen LogP contribution in [0, 0.1) is 56.2 Å². The minimum atomic E-state index is -1.00. The summed E-state index contributed by atoms with van der Waals surface area (Å²) in [6.07, 6.45) is 9.08. The van der Waals surface area contributed by atoms with E-state index in [0.29, 0.717) is 44.8 Å². The van der Waals surface area contributed by atoms with Gasteiger partial charge in [-0.05, 0) is 71.0 Å². The van der Waals surface area contributed by atoms with Crippen LogP contribution in [-0.2, 0) is 28.8 Å². The zero-order valence-electron chi connectivity index (χ0n) is 34.1. The van der Waals surface area contributed by atoms with Gasteiger partial charge in [0, 0.05) is 62.6 Å². The fourth-order valence-corrected chi connectivity index (χ4v) is 10.9. The molecular weight excluding hydrogens is 654 g/mol. The first-order valence-electron chi connectivity index (χ1n) is 20.3. The fourth-order valence-electron chi connectivity index (χ4n) is 10.9. The summed E-state index contributed by atoms with van der Waals surface area (Å²) in [5.41, 5.74) is 4.55. The number of carbonyl (C=O) groups excluding carboxylic acids is 6. The predicted molar refractivity (Wildman–Crippen MR) is 202 cm³/mol. The van der Waals surface area contributed by atoms with E-state index in [-0.39, 0.29) is 75.6 Å². The minimum absolute atomic E-state index is 0.00427. The van der Waals surface area contributed by atoms with Crippen LogP contribution in [0.3, 0.4) is 0 Å². The standard InChI is InChI=1S/C43H69N3O6/c1-38(2,3)29(25-45-18-17-40(7,8)24-34(45)49)21-30(47)22-31(39(4,5)6)37(52)46-26-43(41(9,10)42(43)15-12-16-42)23-32(46)33(48)20-28(35(50)36(44)51)19-27-13-11-14-27/h27-29,31-32H,11-26H2,1-10H3,(H2,44,51)/t28?,29-,31-,32+,43-/m1/s1. The van der Waals surface area contributed by atoms with Gasteiger partial charge in [0.25, 0.3) is 5.91 Å². The van der Waals surface area contributed by atoms with Crippen LogP contribution in [0.25, 0.3) is 0 Å². The zero-order valence-corrected chi connectivity index (χ0v) is 34.1. The number of amides is 3. The molecule has 2 saturated heterocycles. The van der Waals surface area contributed by atoms with Gasteiger partial charge in [0.1, 0.15) is 5.78 Å². The van der Waals surface area contributed by atoms with Gasteiger partial charge in [0.15, 0.2) is 5.78 Å². The molecule has 3 saturated carbocycles. The number of nitrogens with two attached hydrogens (primary N) is 1. The average Bonchev–Trinajstić information content (AvgIpc) is 3.19. The van der Waals surface area contributed by atoms with Gasteiger partial charge in [-0.2, -0.15) is 0 Å². The van der Waals surface area contributed by atoms with E-state index in [4.69, 9.17) is 5.73 Å². The Bertz CT molecular complexity index is 1460. The molecule has 1 unspecified atom stereocenters. The molecule has 3 amide bonds. The third-order valence-corrected chi connectivity index (χ3v) is 15.3. The highest BCUT2D eigenvalue weighted by atomic mass is 16.2. The Morgan fingerprint density at radius 2 is 1.48 bits per heavy atom. The monoisotopic (exact) mass is 724 g/mol. The molecule has 5 fully saturated rings. The summed E-state index contributed by atoms with van der Waals surface area (Å²) >= 11 is 0. The van der Waals surface area contributed by atoms with Crippen LogP contribution in [0.1, 0.15) is 153 Å². The van der Waals surface area contributed by atoms with Crippen LogP contribution in [0.15, 0.2) is 0 Å². The summed E-state index contributed by atoms with van der Waals surface area (Å²) in [4.78, 5) is 85.4. The van der Waals surface area contributed by atoms with E-state index >= 15 is 0 Å². The maximum atomic E-state index is 15.0. The predicted octanol–water partition coefficient (Wildman–Crippen LogP) is 6.93. The van der Waals surface area contributed by atoms with Crippen molar-refractivity contribution in [2.24, 2.45) is 61.9 Å². The van der Waals surface area contributed by atoms with Gasteiger partial charge in [-0.15, -0.1) is 0 Å². The number of ketones is 3. The van der Waals surface area contributed by atoms with Crippen molar-refractivity contribution in [2.75, 3.05) is 19.6 Å². The highest BCUT2D eigenvalue weighted by molar-refractivity contribution is 6.36. The molecule has 2 aliphatic heterocycles. The molecule has 5 aliphatic rings. The highest BCUT2D eigenvalue weighted by Gasteiger charge is 2.85. The van der Waals surface area contributed by atoms with Gasteiger partial charge in [0.2, 0.25) is 17.6 Å². The molecule has 292 valence electrons. The van der Waals surface area contributed by atoms with Crippen LogP contribution in [0.4, 0.5) is 0 Å². The molecular formula is C43H69N3O6. The maximum absolute atomic E-state index is 15.0. The van der Waals surface area contributed by atoms with Crippen LogP contribution in [0.2, 0.25) is 0 Å². The summed E-state index contributed by atoms with van der Waals surface area (Å²) in [6.45, 7) is 22.8. The van der Waals surface area contributed by atoms with E-state index in [1.54, 1.807) is 4.90 Å². The molecule has 3 aliphatic carbocycles. The van der Waals surface area contributed by atoms with E-state index in [1.165, 1.54) is 0 Å². The summed E-state index contributed by atoms with van der Waals surface area (Å²) in [6, 6.07) is -0.701. The number of hydrogen-bond acceptors (Lipinski definition) is 6. The topological polar surface area (TPSA) is 135 Å². The van der Waals surface area contributed by atoms with Crippen LogP contribution in [-0.4, -0.2) is 70.5 Å². The number of fused-ring (bicyclic) bond motifs is 1. The molecule has 0 bridgehead atoms. The van der Waals surface area contributed by atoms with Gasteiger partial charge in [-0.3, -0.25) is 28.8 Å². The Morgan fingerprint density at radius 3 is 1.94 bits per heavy atom. The highest BCUT2D eigenvalue weighted by Crippen LogP contribution is 2.88. The van der Waals surface area contributed by atoms with Crippen molar-refractivity contribution in [1.29, 1.82) is 0 Å². The smallest absolute Gasteiger partial charge is 0.285 e. The van der Waals surface area contributed by atoms with Gasteiger partial charge < -0.3 is 15.5 Å². The third-order valence-electron chi connectivity index (χ3n) is 15.3. The van der Waals surface area contributed by atoms with Gasteiger partial charge in [-0.1, -0.05) is 94.9 Å². The first kappa shape index (κ1) is 40.6. The Labute approximate surface area is 313 Å². The van der Waals surface area contributed by atoms with Crippen molar-refractivity contribution >= 4 is 35.1 Å². The maximum Gasteiger partial charge on any atom is 0.285 e. The fraction of sp³-hybridized carbons (Fsp3) is 0.860. The van der Waals surface area contributed by atoms with E-state index in [1.807, 2.05) is 25.7 Å². The molecule has 2 N–H and O–H groups in total. The van der Waals surface area contributed by atoms with Crippen molar-refractivity contribution in [3.8, 4) is 0 Å². The van der Waals surface area contributed by atoms with Gasteiger partial charge in [-0.25, -0.2) is 0 Å². The van der Waals surface area contributed by atoms with Gasteiger partial charge in [0.05, 0.1) is 6.04 Å². The van der Waals surface area contributed by atoms with Crippen molar-refractivity contribution in [3.05, 3.63) is 0 Å². The van der Waals surface area contributed by atoms with Crippen LogP contribution < -0.4 is 5.73 Å². The second-order valence-electron chi connectivity index (χ2n) is 21.3. The lowest BCUT2D eigenvalue weighted by molar-refractivity contribution is -0.147. The first-order chi connectivity index (χ1) is 23.9. The Hall–Kier alpha value is -2.58. The van der Waals surface area contributed by atoms with Crippen LogP contribution in [0.5, 0.6) is 0 Å². The molecule has 2 heterocycles. The lowest BCUT2D eigenvalue weighted by Crippen LogP contribution is -2.48. The second kappa shape index (κ2) is 13.9. The molecule has 9 heteroatoms. The first-order valence-corrected chi connectivity index (χ1v) is 20.3. The van der Waals surface area contributed by atoms with E-state index in [9.17, 15) is 28.8 Å². The van der Waals surface area contributed by atoms with Crippen LogP contribution >= 0.6 is 0 Å². The molecule has 0 aromatic rings. The number of Topliss-reactive ketones (excluding diaryl/α,β-unsaturated/α-hetero) is 3. The third kappa shape index (κ3) is 7.41. The largest absolute Gasteiger partial charge is 0.363 e. The number of piperidine rings is 1. The number of hydrogen-bond donors (Lipinski definition) is 1. The summed E-state index contributed by atoms with van der Waals surface area (Å²) in [5.74, 6) is -3.03. The number of likely N-dealkylation sites (tertiary alicyclic amines) is 2. The summed E-state index contributed by atoms with van der Waals surface area (Å²) in [5, 5.41) is 0. The van der Waals surface area contributed by atoms with Crippen molar-refractivity contribution < 1.29 is 28.8 Å². The number of nitrogens with zero attached hydrogens (tertiary/aromatic N) is 2. The van der Waals surface area contributed by atoms with Crippen molar-refractivity contribution in [3.63, 3.8) is 0 Å². The lowest BCUT2D eigenvalue weighted by Gasteiger charge is -2.41. The molecule has 9 nitrogen and oxygen atoms in total. The Balaban J connectivity index is 1.37. The quantitative estimate of drug-likeness (QED) is 0.193.